The van der Waals surface area contributed by atoms with Gasteiger partial charge in [0.15, 0.2) is 0 Å². The number of amides is 2. The van der Waals surface area contributed by atoms with E-state index in [1.807, 2.05) is 0 Å². The van der Waals surface area contributed by atoms with Crippen LogP contribution in [0, 0.1) is 0 Å². The van der Waals surface area contributed by atoms with Gasteiger partial charge >= 0.3 is 18.2 Å². The highest BCUT2D eigenvalue weighted by atomic mass is 19.4. The molecule has 130 valence electrons. The highest BCUT2D eigenvalue weighted by molar-refractivity contribution is 5.95. The summed E-state index contributed by atoms with van der Waals surface area (Å²) in [7, 11) is 1.46. The molecule has 5 nitrogen and oxygen atoms in total. The third-order valence-corrected chi connectivity index (χ3v) is 3.80. The first kappa shape index (κ1) is 17.8. The summed E-state index contributed by atoms with van der Waals surface area (Å²) in [6.45, 7) is 3.28. The van der Waals surface area contributed by atoms with E-state index < -0.39 is 29.8 Å². The molecular weight excluding hydrogens is 325 g/mol. The number of rotatable bonds is 3. The molecule has 1 N–H and O–H groups in total. The zero-order valence-corrected chi connectivity index (χ0v) is 13.4. The van der Waals surface area contributed by atoms with Gasteiger partial charge in [-0.05, 0) is 31.5 Å². The number of carbonyl (C=O) groups is 2. The molecule has 0 aliphatic carbocycles. The molecule has 0 spiro atoms. The van der Waals surface area contributed by atoms with E-state index in [1.54, 1.807) is 13.8 Å². The van der Waals surface area contributed by atoms with Crippen LogP contribution in [0.1, 0.15) is 31.0 Å². The SMILES string of the molecule is CCOC(=O)C1=C(C)N(C)C(=O)N[C@H]1c1cccc(C(F)(F)F)c1. The quantitative estimate of drug-likeness (QED) is 0.858. The van der Waals surface area contributed by atoms with Gasteiger partial charge in [0, 0.05) is 12.7 Å². The maximum absolute atomic E-state index is 12.9. The number of allylic oxidation sites excluding steroid dienone is 1. The summed E-state index contributed by atoms with van der Waals surface area (Å²) < 4.78 is 43.8. The number of alkyl halides is 3. The maximum Gasteiger partial charge on any atom is 0.416 e. The fourth-order valence-corrected chi connectivity index (χ4v) is 2.45. The third kappa shape index (κ3) is 3.37. The second kappa shape index (κ2) is 6.54. The Balaban J connectivity index is 2.54. The van der Waals surface area contributed by atoms with Crippen molar-refractivity contribution in [1.82, 2.24) is 10.2 Å². The van der Waals surface area contributed by atoms with Crippen LogP contribution in [0.25, 0.3) is 0 Å². The van der Waals surface area contributed by atoms with Crippen LogP contribution in [-0.2, 0) is 15.7 Å². The molecule has 1 heterocycles. The minimum Gasteiger partial charge on any atom is -0.463 e. The fourth-order valence-electron chi connectivity index (χ4n) is 2.45. The monoisotopic (exact) mass is 342 g/mol. The predicted molar refractivity (Wildman–Crippen MR) is 79.8 cm³/mol. The van der Waals surface area contributed by atoms with Gasteiger partial charge in [-0.3, -0.25) is 0 Å². The normalized spacial score (nSPS) is 18.5. The van der Waals surface area contributed by atoms with Crippen LogP contribution in [-0.4, -0.2) is 30.6 Å². The van der Waals surface area contributed by atoms with Gasteiger partial charge in [0.2, 0.25) is 0 Å². The van der Waals surface area contributed by atoms with E-state index >= 15 is 0 Å². The molecule has 1 aromatic rings. The Kier molecular flexibility index (Phi) is 4.86. The zero-order chi connectivity index (χ0) is 18.1. The van der Waals surface area contributed by atoms with Crippen molar-refractivity contribution < 1.29 is 27.5 Å². The summed E-state index contributed by atoms with van der Waals surface area (Å²) in [5.41, 5.74) is -0.249. The second-order valence-electron chi connectivity index (χ2n) is 5.28. The zero-order valence-electron chi connectivity index (χ0n) is 13.4. The Hall–Kier alpha value is -2.51. The van der Waals surface area contributed by atoms with Gasteiger partial charge in [0.1, 0.15) is 0 Å². The van der Waals surface area contributed by atoms with Crippen molar-refractivity contribution in [2.75, 3.05) is 13.7 Å². The predicted octanol–water partition coefficient (Wildman–Crippen LogP) is 3.24. The van der Waals surface area contributed by atoms with Crippen LogP contribution in [0.3, 0.4) is 0 Å². The molecule has 2 rings (SSSR count). The third-order valence-electron chi connectivity index (χ3n) is 3.80. The van der Waals surface area contributed by atoms with E-state index in [0.29, 0.717) is 5.70 Å². The van der Waals surface area contributed by atoms with E-state index in [9.17, 15) is 22.8 Å². The Labute approximate surface area is 137 Å². The fraction of sp³-hybridized carbons (Fsp3) is 0.375. The van der Waals surface area contributed by atoms with Gasteiger partial charge in [-0.2, -0.15) is 13.2 Å². The highest BCUT2D eigenvalue weighted by Gasteiger charge is 2.36. The lowest BCUT2D eigenvalue weighted by atomic mass is 9.94. The number of hydrogen-bond acceptors (Lipinski definition) is 3. The first-order chi connectivity index (χ1) is 11.2. The van der Waals surface area contributed by atoms with Crippen molar-refractivity contribution >= 4 is 12.0 Å². The summed E-state index contributed by atoms with van der Waals surface area (Å²) in [4.78, 5) is 25.5. The molecule has 0 bridgehead atoms. The number of urea groups is 1. The molecule has 1 aliphatic heterocycles. The number of ether oxygens (including phenoxy) is 1. The summed E-state index contributed by atoms with van der Waals surface area (Å²) in [6, 6.07) is 3.00. The Morgan fingerprint density at radius 1 is 1.38 bits per heavy atom. The van der Waals surface area contributed by atoms with Gasteiger partial charge in [-0.25, -0.2) is 9.59 Å². The molecule has 1 aromatic carbocycles. The molecule has 0 aromatic heterocycles. The van der Waals surface area contributed by atoms with Gasteiger partial charge in [-0.15, -0.1) is 0 Å². The lowest BCUT2D eigenvalue weighted by Crippen LogP contribution is -2.46. The van der Waals surface area contributed by atoms with Crippen molar-refractivity contribution in [3.8, 4) is 0 Å². The highest BCUT2D eigenvalue weighted by Crippen LogP contribution is 2.34. The van der Waals surface area contributed by atoms with Gasteiger partial charge < -0.3 is 15.0 Å². The van der Waals surface area contributed by atoms with Crippen LogP contribution in [0.4, 0.5) is 18.0 Å². The number of nitrogens with one attached hydrogen (secondary N) is 1. The Morgan fingerprint density at radius 2 is 2.04 bits per heavy atom. The van der Waals surface area contributed by atoms with Crippen molar-refractivity contribution in [2.45, 2.75) is 26.1 Å². The van der Waals surface area contributed by atoms with Crippen LogP contribution in [0.15, 0.2) is 35.5 Å². The van der Waals surface area contributed by atoms with Crippen molar-refractivity contribution in [1.29, 1.82) is 0 Å². The molecular formula is C16H17F3N2O3. The van der Waals surface area contributed by atoms with Crippen LogP contribution in [0.5, 0.6) is 0 Å². The lowest BCUT2D eigenvalue weighted by Gasteiger charge is -2.33. The number of benzene rings is 1. The summed E-state index contributed by atoms with van der Waals surface area (Å²) in [6.07, 6.45) is -4.52. The van der Waals surface area contributed by atoms with E-state index in [0.717, 1.165) is 12.1 Å². The van der Waals surface area contributed by atoms with Gasteiger partial charge in [0.05, 0.1) is 23.8 Å². The minimum absolute atomic E-state index is 0.110. The van der Waals surface area contributed by atoms with Gasteiger partial charge in [0.25, 0.3) is 0 Å². The molecule has 8 heteroatoms. The van der Waals surface area contributed by atoms with E-state index in [4.69, 9.17) is 4.74 Å². The van der Waals surface area contributed by atoms with E-state index in [-0.39, 0.29) is 17.7 Å². The molecule has 24 heavy (non-hydrogen) atoms. The smallest absolute Gasteiger partial charge is 0.416 e. The summed E-state index contributed by atoms with van der Waals surface area (Å²) in [5, 5.41) is 2.54. The van der Waals surface area contributed by atoms with Crippen LogP contribution >= 0.6 is 0 Å². The lowest BCUT2D eigenvalue weighted by molar-refractivity contribution is -0.139. The number of halogens is 3. The Morgan fingerprint density at radius 3 is 2.62 bits per heavy atom. The molecule has 1 aliphatic rings. The average molecular weight is 342 g/mol. The first-order valence-corrected chi connectivity index (χ1v) is 7.26. The van der Waals surface area contributed by atoms with Crippen LogP contribution in [0.2, 0.25) is 0 Å². The van der Waals surface area contributed by atoms with E-state index in [1.165, 1.54) is 24.1 Å². The van der Waals surface area contributed by atoms with Crippen molar-refractivity contribution in [3.63, 3.8) is 0 Å². The first-order valence-electron chi connectivity index (χ1n) is 7.26. The number of esters is 1. The number of hydrogen-bond donors (Lipinski definition) is 1. The van der Waals surface area contributed by atoms with Crippen molar-refractivity contribution in [3.05, 3.63) is 46.7 Å². The topological polar surface area (TPSA) is 58.6 Å². The maximum atomic E-state index is 12.9. The summed E-state index contributed by atoms with van der Waals surface area (Å²) >= 11 is 0. The van der Waals surface area contributed by atoms with Crippen LogP contribution < -0.4 is 5.32 Å². The average Bonchev–Trinajstić information content (AvgIpc) is 2.51. The molecule has 0 radical (unpaired) electrons. The summed E-state index contributed by atoms with van der Waals surface area (Å²) in [5.74, 6) is -0.677. The minimum atomic E-state index is -4.52. The van der Waals surface area contributed by atoms with Gasteiger partial charge in [-0.1, -0.05) is 12.1 Å². The molecule has 0 saturated carbocycles. The van der Waals surface area contributed by atoms with Crippen molar-refractivity contribution in [2.24, 2.45) is 0 Å². The molecule has 2 amide bonds. The second-order valence-corrected chi connectivity index (χ2v) is 5.28. The molecule has 0 unspecified atom stereocenters. The molecule has 1 atom stereocenters. The largest absolute Gasteiger partial charge is 0.463 e. The Bertz CT molecular complexity index is 698. The molecule has 0 fully saturated rings. The van der Waals surface area contributed by atoms with E-state index in [2.05, 4.69) is 5.32 Å². The standard InChI is InChI=1S/C16H17F3N2O3/c1-4-24-14(22)12-9(2)21(3)15(23)20-13(12)10-6-5-7-11(8-10)16(17,18)19/h5-8,13H,4H2,1-3H3,(H,20,23)/t13-/m0/s1. The number of nitrogens with zero attached hydrogens (tertiary/aromatic N) is 1. The number of carbonyl (C=O) groups excluding carboxylic acids is 2. The molecule has 0 saturated heterocycles.